The van der Waals surface area contributed by atoms with Crippen molar-refractivity contribution in [3.63, 3.8) is 0 Å². The van der Waals surface area contributed by atoms with Crippen molar-refractivity contribution in [2.75, 3.05) is 44.5 Å². The van der Waals surface area contributed by atoms with Crippen LogP contribution in [0.4, 0.5) is 11.4 Å². The summed E-state index contributed by atoms with van der Waals surface area (Å²) in [7, 11) is 3.00. The van der Waals surface area contributed by atoms with Gasteiger partial charge in [0, 0.05) is 18.7 Å². The first-order chi connectivity index (χ1) is 14.1. The summed E-state index contributed by atoms with van der Waals surface area (Å²) in [6.07, 6.45) is 2.11. The molecule has 0 saturated carbocycles. The molecule has 1 aliphatic rings. The predicted molar refractivity (Wildman–Crippen MR) is 120 cm³/mol. The number of halogens is 1. The van der Waals surface area contributed by atoms with E-state index in [0.717, 1.165) is 31.5 Å². The zero-order valence-electron chi connectivity index (χ0n) is 17.2. The molecule has 1 saturated heterocycles. The molecule has 0 aliphatic carbocycles. The Morgan fingerprint density at radius 2 is 1.93 bits per heavy atom. The van der Waals surface area contributed by atoms with Crippen molar-refractivity contribution in [1.82, 2.24) is 5.32 Å². The molecule has 1 heterocycles. The van der Waals surface area contributed by atoms with E-state index in [4.69, 9.17) is 9.47 Å². The monoisotopic (exact) mass is 433 g/mol. The maximum absolute atomic E-state index is 12.9. The highest BCUT2D eigenvalue weighted by Gasteiger charge is 2.16. The molecule has 2 amide bonds. The van der Waals surface area contributed by atoms with Crippen LogP contribution in [0.3, 0.4) is 0 Å². The van der Waals surface area contributed by atoms with Gasteiger partial charge in [-0.3, -0.25) is 9.59 Å². The molecular formula is C22H28ClN3O4. The minimum Gasteiger partial charge on any atom is -0.497 e. The number of carbonyl (C=O) groups excluding carboxylic acids is 2. The molecule has 2 aromatic rings. The third kappa shape index (κ3) is 6.45. The summed E-state index contributed by atoms with van der Waals surface area (Å²) >= 11 is 0. The summed E-state index contributed by atoms with van der Waals surface area (Å²) in [6.45, 7) is 2.00. The van der Waals surface area contributed by atoms with Gasteiger partial charge in [-0.15, -0.1) is 12.4 Å². The molecular weight excluding hydrogens is 406 g/mol. The summed E-state index contributed by atoms with van der Waals surface area (Å²) in [5.74, 6) is 0.633. The van der Waals surface area contributed by atoms with Gasteiger partial charge >= 0.3 is 0 Å². The highest BCUT2D eigenvalue weighted by Crippen LogP contribution is 2.28. The first-order valence-electron chi connectivity index (χ1n) is 9.67. The van der Waals surface area contributed by atoms with Gasteiger partial charge in [0.05, 0.1) is 18.5 Å². The molecule has 30 heavy (non-hydrogen) atoms. The maximum Gasteiger partial charge on any atom is 0.255 e. The van der Waals surface area contributed by atoms with E-state index in [1.54, 1.807) is 31.4 Å². The average Bonchev–Trinajstić information content (AvgIpc) is 3.22. The predicted octanol–water partition coefficient (Wildman–Crippen LogP) is 3.11. The van der Waals surface area contributed by atoms with Crippen LogP contribution < -0.4 is 20.7 Å². The van der Waals surface area contributed by atoms with Crippen LogP contribution in [-0.4, -0.2) is 45.7 Å². The van der Waals surface area contributed by atoms with E-state index in [2.05, 4.69) is 22.0 Å². The van der Waals surface area contributed by atoms with Crippen molar-refractivity contribution in [3.05, 3.63) is 53.6 Å². The number of hydrogen-bond donors (Lipinski definition) is 3. The Morgan fingerprint density at radius 3 is 2.63 bits per heavy atom. The Kier molecular flexibility index (Phi) is 9.11. The number of carbonyl (C=O) groups is 2. The lowest BCUT2D eigenvalue weighted by molar-refractivity contribution is -0.119. The quantitative estimate of drug-likeness (QED) is 0.595. The SMILES string of the molecule is COCC(=O)Nc1ccc(OC)cc1NC(=O)c1cccc(CC2CCNC2)c1.Cl. The Balaban J connectivity index is 0.00000320. The van der Waals surface area contributed by atoms with Crippen LogP contribution in [0, 0.1) is 5.92 Å². The van der Waals surface area contributed by atoms with E-state index in [1.807, 2.05) is 12.1 Å². The number of anilines is 2. The van der Waals surface area contributed by atoms with Crippen molar-refractivity contribution in [2.45, 2.75) is 12.8 Å². The van der Waals surface area contributed by atoms with E-state index >= 15 is 0 Å². The second-order valence-corrected chi connectivity index (χ2v) is 7.11. The van der Waals surface area contributed by atoms with Gasteiger partial charge < -0.3 is 25.4 Å². The van der Waals surface area contributed by atoms with E-state index in [9.17, 15) is 9.59 Å². The lowest BCUT2D eigenvalue weighted by Crippen LogP contribution is -2.20. The van der Waals surface area contributed by atoms with Crippen molar-refractivity contribution in [2.24, 2.45) is 5.92 Å². The Bertz CT molecular complexity index is 869. The summed E-state index contributed by atoms with van der Waals surface area (Å²) < 4.78 is 10.1. The number of nitrogens with one attached hydrogen (secondary N) is 3. The summed E-state index contributed by atoms with van der Waals surface area (Å²) in [5, 5.41) is 8.99. The minimum atomic E-state index is -0.305. The first kappa shape index (κ1) is 23.7. The number of ether oxygens (including phenoxy) is 2. The fourth-order valence-electron chi connectivity index (χ4n) is 3.44. The Morgan fingerprint density at radius 1 is 1.10 bits per heavy atom. The normalized spacial score (nSPS) is 15.2. The van der Waals surface area contributed by atoms with Crippen LogP contribution in [0.1, 0.15) is 22.3 Å². The van der Waals surface area contributed by atoms with E-state index in [0.29, 0.717) is 28.6 Å². The van der Waals surface area contributed by atoms with Crippen molar-refractivity contribution >= 4 is 35.6 Å². The molecule has 0 aromatic heterocycles. The summed E-state index contributed by atoms with van der Waals surface area (Å²) in [6, 6.07) is 12.7. The third-order valence-corrected chi connectivity index (χ3v) is 4.90. The lowest BCUT2D eigenvalue weighted by atomic mass is 9.97. The highest BCUT2D eigenvalue weighted by molar-refractivity contribution is 6.07. The number of benzene rings is 2. The van der Waals surface area contributed by atoms with Crippen LogP contribution in [0.5, 0.6) is 5.75 Å². The molecule has 2 aromatic carbocycles. The lowest BCUT2D eigenvalue weighted by Gasteiger charge is -2.14. The molecule has 1 unspecified atom stereocenters. The van der Waals surface area contributed by atoms with Gasteiger partial charge in [-0.05, 0) is 61.7 Å². The molecule has 1 atom stereocenters. The average molecular weight is 434 g/mol. The van der Waals surface area contributed by atoms with E-state index in [-0.39, 0.29) is 30.8 Å². The van der Waals surface area contributed by atoms with Crippen LogP contribution in [-0.2, 0) is 16.0 Å². The Hall–Kier alpha value is -2.61. The molecule has 3 N–H and O–H groups in total. The van der Waals surface area contributed by atoms with Gasteiger partial charge in [-0.25, -0.2) is 0 Å². The second kappa shape index (κ2) is 11.5. The standard InChI is InChI=1S/C22H27N3O4.ClH/c1-28-14-21(26)24-19-7-6-18(29-2)12-20(19)25-22(27)17-5-3-4-15(11-17)10-16-8-9-23-13-16;/h3-7,11-12,16,23H,8-10,13-14H2,1-2H3,(H,24,26)(H,25,27);1H. The number of hydrogen-bond acceptors (Lipinski definition) is 5. The van der Waals surface area contributed by atoms with Gasteiger partial charge in [-0.1, -0.05) is 12.1 Å². The summed E-state index contributed by atoms with van der Waals surface area (Å²) in [4.78, 5) is 24.8. The summed E-state index contributed by atoms with van der Waals surface area (Å²) in [5.41, 5.74) is 2.66. The molecule has 3 rings (SSSR count). The van der Waals surface area contributed by atoms with Gasteiger partial charge in [0.25, 0.3) is 5.91 Å². The molecule has 1 aliphatic heterocycles. The molecule has 8 heteroatoms. The molecule has 7 nitrogen and oxygen atoms in total. The zero-order chi connectivity index (χ0) is 20.6. The minimum absolute atomic E-state index is 0. The van der Waals surface area contributed by atoms with Gasteiger partial charge in [0.15, 0.2) is 0 Å². The van der Waals surface area contributed by atoms with Crippen molar-refractivity contribution in [3.8, 4) is 5.75 Å². The largest absolute Gasteiger partial charge is 0.497 e. The molecule has 0 spiro atoms. The molecule has 0 radical (unpaired) electrons. The second-order valence-electron chi connectivity index (χ2n) is 7.11. The van der Waals surface area contributed by atoms with Crippen LogP contribution in [0.15, 0.2) is 42.5 Å². The smallest absolute Gasteiger partial charge is 0.255 e. The molecule has 162 valence electrons. The van der Waals surface area contributed by atoms with Crippen LogP contribution >= 0.6 is 12.4 Å². The van der Waals surface area contributed by atoms with E-state index < -0.39 is 0 Å². The van der Waals surface area contributed by atoms with Crippen LogP contribution in [0.25, 0.3) is 0 Å². The van der Waals surface area contributed by atoms with Gasteiger partial charge in [0.2, 0.25) is 5.91 Å². The fourth-order valence-corrected chi connectivity index (χ4v) is 3.44. The number of amides is 2. The van der Waals surface area contributed by atoms with Crippen molar-refractivity contribution < 1.29 is 19.1 Å². The van der Waals surface area contributed by atoms with Gasteiger partial charge in [-0.2, -0.15) is 0 Å². The fraction of sp³-hybridized carbons (Fsp3) is 0.364. The van der Waals surface area contributed by atoms with E-state index in [1.165, 1.54) is 7.11 Å². The number of methoxy groups -OCH3 is 2. The van der Waals surface area contributed by atoms with Gasteiger partial charge in [0.1, 0.15) is 12.4 Å². The Labute approximate surface area is 182 Å². The third-order valence-electron chi connectivity index (χ3n) is 4.90. The topological polar surface area (TPSA) is 88.7 Å². The zero-order valence-corrected chi connectivity index (χ0v) is 18.0. The first-order valence-corrected chi connectivity index (χ1v) is 9.67. The maximum atomic E-state index is 12.9. The molecule has 0 bridgehead atoms. The van der Waals surface area contributed by atoms with Crippen molar-refractivity contribution in [1.29, 1.82) is 0 Å². The molecule has 1 fully saturated rings. The van der Waals surface area contributed by atoms with Crippen LogP contribution in [0.2, 0.25) is 0 Å². The number of rotatable bonds is 8. The highest BCUT2D eigenvalue weighted by atomic mass is 35.5.